The summed E-state index contributed by atoms with van der Waals surface area (Å²) < 4.78 is 0. The van der Waals surface area contributed by atoms with Crippen LogP contribution in [0.4, 0.5) is 5.95 Å². The lowest BCUT2D eigenvalue weighted by atomic mass is 10.3. The molecule has 0 aliphatic carbocycles. The van der Waals surface area contributed by atoms with Crippen LogP contribution in [0.25, 0.3) is 0 Å². The van der Waals surface area contributed by atoms with Gasteiger partial charge in [-0.25, -0.2) is 9.97 Å². The maximum Gasteiger partial charge on any atom is 0.244 e. The first kappa shape index (κ1) is 13.0. The normalized spacial score (nSPS) is 16.6. The summed E-state index contributed by atoms with van der Waals surface area (Å²) in [4.78, 5) is 17.6. The van der Waals surface area contributed by atoms with Crippen molar-refractivity contribution in [3.8, 4) is 0 Å². The lowest BCUT2D eigenvalue weighted by Gasteiger charge is -2.33. The van der Waals surface area contributed by atoms with Crippen molar-refractivity contribution >= 4 is 5.95 Å². The minimum Gasteiger partial charge on any atom is -0.337 e. The van der Waals surface area contributed by atoms with E-state index in [1.54, 1.807) is 0 Å². The zero-order valence-electron chi connectivity index (χ0n) is 11.9. The van der Waals surface area contributed by atoms with E-state index in [0.717, 1.165) is 55.9 Å². The second-order valence-corrected chi connectivity index (χ2v) is 5.16. The molecule has 1 saturated heterocycles. The number of aryl methyl sites for hydroxylation is 2. The van der Waals surface area contributed by atoms with Gasteiger partial charge < -0.3 is 4.90 Å². The number of rotatable bonds is 3. The molecule has 7 heteroatoms. The highest BCUT2D eigenvalue weighted by atomic mass is 15.4. The maximum absolute atomic E-state index is 4.37. The maximum atomic E-state index is 4.37. The van der Waals surface area contributed by atoms with Gasteiger partial charge in [0.25, 0.3) is 0 Å². The highest BCUT2D eigenvalue weighted by Gasteiger charge is 2.20. The van der Waals surface area contributed by atoms with Crippen LogP contribution in [0.3, 0.4) is 0 Å². The monoisotopic (exact) mass is 273 g/mol. The molecule has 3 heterocycles. The molecule has 0 aromatic carbocycles. The zero-order chi connectivity index (χ0) is 13.9. The molecule has 0 unspecified atom stereocenters. The fourth-order valence-corrected chi connectivity index (χ4v) is 2.28. The molecule has 0 amide bonds. The van der Waals surface area contributed by atoms with Crippen LogP contribution >= 0.6 is 0 Å². The third-order valence-corrected chi connectivity index (χ3v) is 3.44. The fraction of sp³-hybridized carbons (Fsp3) is 0.538. The van der Waals surface area contributed by atoms with Gasteiger partial charge in [0.2, 0.25) is 5.95 Å². The third kappa shape index (κ3) is 2.93. The Morgan fingerprint density at radius 1 is 1.10 bits per heavy atom. The van der Waals surface area contributed by atoms with Crippen LogP contribution in [0.15, 0.2) is 12.4 Å². The molecule has 7 nitrogen and oxygen atoms in total. The molecule has 0 bridgehead atoms. The number of H-pyrrole nitrogens is 1. The Kier molecular flexibility index (Phi) is 3.60. The van der Waals surface area contributed by atoms with Crippen LogP contribution in [0.5, 0.6) is 0 Å². The van der Waals surface area contributed by atoms with Crippen LogP contribution in [0.2, 0.25) is 0 Å². The number of aromatic amines is 1. The number of anilines is 1. The van der Waals surface area contributed by atoms with E-state index in [1.165, 1.54) is 0 Å². The summed E-state index contributed by atoms with van der Waals surface area (Å²) in [6, 6.07) is 0. The average molecular weight is 273 g/mol. The first-order valence-electron chi connectivity index (χ1n) is 6.84. The van der Waals surface area contributed by atoms with Crippen LogP contribution in [0.1, 0.15) is 17.2 Å². The Labute approximate surface area is 118 Å². The van der Waals surface area contributed by atoms with Crippen molar-refractivity contribution in [3.63, 3.8) is 0 Å². The predicted octanol–water partition coefficient (Wildman–Crippen LogP) is 0.534. The van der Waals surface area contributed by atoms with Gasteiger partial charge in [-0.1, -0.05) is 0 Å². The van der Waals surface area contributed by atoms with Gasteiger partial charge in [0, 0.05) is 38.6 Å². The van der Waals surface area contributed by atoms with E-state index in [-0.39, 0.29) is 0 Å². The number of nitrogens with zero attached hydrogens (tertiary/aromatic N) is 6. The highest BCUT2D eigenvalue weighted by molar-refractivity contribution is 5.29. The van der Waals surface area contributed by atoms with Gasteiger partial charge in [-0.15, -0.1) is 5.10 Å². The van der Waals surface area contributed by atoms with Gasteiger partial charge in [-0.2, -0.15) is 4.98 Å². The minimum atomic E-state index is 0.800. The number of nitrogens with one attached hydrogen (secondary N) is 1. The lowest BCUT2D eigenvalue weighted by Crippen LogP contribution is -2.46. The van der Waals surface area contributed by atoms with Crippen LogP contribution in [-0.4, -0.2) is 56.2 Å². The number of piperazine rings is 1. The van der Waals surface area contributed by atoms with Gasteiger partial charge in [-0.3, -0.25) is 10.00 Å². The molecule has 2 aromatic heterocycles. The second-order valence-electron chi connectivity index (χ2n) is 5.16. The summed E-state index contributed by atoms with van der Waals surface area (Å²) in [6.07, 6.45) is 3.74. The van der Waals surface area contributed by atoms with Gasteiger partial charge in [0.05, 0.1) is 6.54 Å². The number of hydrogen-bond donors (Lipinski definition) is 1. The van der Waals surface area contributed by atoms with Crippen LogP contribution < -0.4 is 4.90 Å². The molecule has 20 heavy (non-hydrogen) atoms. The first-order valence-corrected chi connectivity index (χ1v) is 6.84. The number of hydrogen-bond acceptors (Lipinski definition) is 6. The van der Waals surface area contributed by atoms with Crippen molar-refractivity contribution in [1.82, 2.24) is 30.0 Å². The molecule has 106 valence electrons. The minimum absolute atomic E-state index is 0.800. The molecule has 2 aromatic rings. The lowest BCUT2D eigenvalue weighted by molar-refractivity contribution is 0.243. The van der Waals surface area contributed by atoms with E-state index in [0.29, 0.717) is 0 Å². The first-order chi connectivity index (χ1) is 9.70. The SMILES string of the molecule is Cc1cnc(CN2CCN(c3n[nH]c(C)n3)CC2)nc1. The molecule has 1 N–H and O–H groups in total. The van der Waals surface area contributed by atoms with E-state index in [2.05, 4.69) is 34.9 Å². The van der Waals surface area contributed by atoms with Gasteiger partial charge in [0.15, 0.2) is 0 Å². The summed E-state index contributed by atoms with van der Waals surface area (Å²) in [6.45, 7) is 8.55. The topological polar surface area (TPSA) is 73.8 Å². The van der Waals surface area contributed by atoms with Gasteiger partial charge in [0.1, 0.15) is 11.6 Å². The molecule has 1 fully saturated rings. The average Bonchev–Trinajstić information content (AvgIpc) is 2.89. The molecular weight excluding hydrogens is 254 g/mol. The molecule has 0 spiro atoms. The van der Waals surface area contributed by atoms with Crippen molar-refractivity contribution in [3.05, 3.63) is 29.6 Å². The Morgan fingerprint density at radius 3 is 2.40 bits per heavy atom. The molecule has 0 atom stereocenters. The smallest absolute Gasteiger partial charge is 0.244 e. The third-order valence-electron chi connectivity index (χ3n) is 3.44. The largest absolute Gasteiger partial charge is 0.337 e. The standard InChI is InChI=1S/C13H19N7/c1-10-7-14-12(15-8-10)9-19-3-5-20(6-4-19)13-16-11(2)17-18-13/h7-8H,3-6,9H2,1-2H3,(H,16,17,18). The number of aromatic nitrogens is 5. The molecule has 0 saturated carbocycles. The quantitative estimate of drug-likeness (QED) is 0.879. The molecular formula is C13H19N7. The van der Waals surface area contributed by atoms with E-state index >= 15 is 0 Å². The van der Waals surface area contributed by atoms with Crippen molar-refractivity contribution in [2.45, 2.75) is 20.4 Å². The summed E-state index contributed by atoms with van der Waals surface area (Å²) >= 11 is 0. The Balaban J connectivity index is 1.54. The molecule has 1 aliphatic rings. The Bertz CT molecular complexity index is 554. The van der Waals surface area contributed by atoms with Gasteiger partial charge >= 0.3 is 0 Å². The van der Waals surface area contributed by atoms with E-state index in [1.807, 2.05) is 26.2 Å². The Morgan fingerprint density at radius 2 is 1.80 bits per heavy atom. The van der Waals surface area contributed by atoms with Crippen molar-refractivity contribution in [1.29, 1.82) is 0 Å². The second kappa shape index (κ2) is 5.54. The summed E-state index contributed by atoms with van der Waals surface area (Å²) in [5, 5.41) is 7.09. The highest BCUT2D eigenvalue weighted by Crippen LogP contribution is 2.11. The molecule has 1 aliphatic heterocycles. The summed E-state index contributed by atoms with van der Waals surface area (Å²) in [7, 11) is 0. The predicted molar refractivity (Wildman–Crippen MR) is 75.4 cm³/mol. The van der Waals surface area contributed by atoms with Crippen molar-refractivity contribution in [2.75, 3.05) is 31.1 Å². The van der Waals surface area contributed by atoms with Crippen LogP contribution in [-0.2, 0) is 6.54 Å². The molecule has 3 rings (SSSR count). The molecule has 0 radical (unpaired) electrons. The van der Waals surface area contributed by atoms with E-state index in [4.69, 9.17) is 0 Å². The summed E-state index contributed by atoms with van der Waals surface area (Å²) in [5.74, 6) is 2.54. The Hall–Kier alpha value is -2.02. The van der Waals surface area contributed by atoms with E-state index in [9.17, 15) is 0 Å². The van der Waals surface area contributed by atoms with Gasteiger partial charge in [-0.05, 0) is 19.4 Å². The van der Waals surface area contributed by atoms with E-state index < -0.39 is 0 Å². The fourth-order valence-electron chi connectivity index (χ4n) is 2.28. The van der Waals surface area contributed by atoms with Crippen LogP contribution in [0, 0.1) is 13.8 Å². The summed E-state index contributed by atoms with van der Waals surface area (Å²) in [5.41, 5.74) is 1.10. The van der Waals surface area contributed by atoms with Crippen molar-refractivity contribution < 1.29 is 0 Å². The zero-order valence-corrected chi connectivity index (χ0v) is 11.9. The van der Waals surface area contributed by atoms with Crippen molar-refractivity contribution in [2.24, 2.45) is 0 Å².